The van der Waals surface area contributed by atoms with E-state index in [0.29, 0.717) is 16.4 Å². The summed E-state index contributed by atoms with van der Waals surface area (Å²) in [5, 5.41) is 7.51. The molecule has 3 aromatic carbocycles. The molecule has 0 saturated carbocycles. The Kier molecular flexibility index (Phi) is 4.41. The zero-order valence-electron chi connectivity index (χ0n) is 16.0. The molecule has 2 amide bonds. The summed E-state index contributed by atoms with van der Waals surface area (Å²) in [4.78, 5) is 31.1. The van der Waals surface area contributed by atoms with E-state index in [9.17, 15) is 9.59 Å². The highest BCUT2D eigenvalue weighted by Crippen LogP contribution is 2.31. The van der Waals surface area contributed by atoms with Crippen molar-refractivity contribution in [2.45, 2.75) is 0 Å². The zero-order chi connectivity index (χ0) is 20.7. The summed E-state index contributed by atoms with van der Waals surface area (Å²) in [6, 6.07) is 21.5. The molecule has 0 aliphatic carbocycles. The van der Waals surface area contributed by atoms with E-state index in [1.807, 2.05) is 35.7 Å². The second-order valence-electron chi connectivity index (χ2n) is 7.03. The summed E-state index contributed by atoms with van der Waals surface area (Å²) in [6.07, 6.45) is 0. The number of amides is 2. The maximum Gasteiger partial charge on any atom is 0.259 e. The maximum atomic E-state index is 12.6. The minimum Gasteiger partial charge on any atom is -0.300 e. The van der Waals surface area contributed by atoms with Crippen LogP contribution in [0.5, 0.6) is 0 Å². The van der Waals surface area contributed by atoms with E-state index in [-0.39, 0.29) is 18.4 Å². The third-order valence-corrected chi connectivity index (χ3v) is 5.89. The van der Waals surface area contributed by atoms with Crippen LogP contribution in [-0.2, 0) is 4.79 Å². The minimum atomic E-state index is -0.309. The molecule has 0 fully saturated rings. The van der Waals surface area contributed by atoms with E-state index < -0.39 is 0 Å². The van der Waals surface area contributed by atoms with Crippen LogP contribution in [0.1, 0.15) is 15.9 Å². The lowest BCUT2D eigenvalue weighted by molar-refractivity contribution is -0.116. The van der Waals surface area contributed by atoms with Gasteiger partial charge in [-0.25, -0.2) is 4.98 Å². The van der Waals surface area contributed by atoms with Gasteiger partial charge in [-0.15, -0.1) is 11.3 Å². The standard InChI is InChI=1S/C24H17N3O2S/c1-15-19-8-4-5-9-20(19)23(29)27(15)13-22(28)26-24-25-21(14-30-24)18-11-10-16-6-2-3-7-17(16)12-18/h2-12,14H,1,13H2,(H,25,26,28). The molecular formula is C24H17N3O2S. The van der Waals surface area contributed by atoms with Crippen molar-refractivity contribution >= 4 is 44.8 Å². The van der Waals surface area contributed by atoms with Gasteiger partial charge < -0.3 is 5.32 Å². The summed E-state index contributed by atoms with van der Waals surface area (Å²) in [5.74, 6) is -0.515. The highest BCUT2D eigenvalue weighted by atomic mass is 32.1. The molecule has 1 N–H and O–H groups in total. The minimum absolute atomic E-state index is 0.1000. The van der Waals surface area contributed by atoms with Gasteiger partial charge in [0.25, 0.3) is 5.91 Å². The molecule has 0 spiro atoms. The van der Waals surface area contributed by atoms with Crippen molar-refractivity contribution in [2.24, 2.45) is 0 Å². The van der Waals surface area contributed by atoms with Gasteiger partial charge in [0.2, 0.25) is 5.91 Å². The van der Waals surface area contributed by atoms with Crippen molar-refractivity contribution in [3.8, 4) is 11.3 Å². The summed E-state index contributed by atoms with van der Waals surface area (Å²) >= 11 is 1.36. The molecule has 0 bridgehead atoms. The topological polar surface area (TPSA) is 62.3 Å². The summed E-state index contributed by atoms with van der Waals surface area (Å²) < 4.78 is 0. The van der Waals surface area contributed by atoms with E-state index in [1.54, 1.807) is 12.1 Å². The highest BCUT2D eigenvalue weighted by molar-refractivity contribution is 7.14. The van der Waals surface area contributed by atoms with Crippen molar-refractivity contribution in [3.63, 3.8) is 0 Å². The molecule has 30 heavy (non-hydrogen) atoms. The first-order valence-electron chi connectivity index (χ1n) is 9.45. The summed E-state index contributed by atoms with van der Waals surface area (Å²) in [5.41, 5.74) is 3.67. The van der Waals surface area contributed by atoms with Gasteiger partial charge in [0.15, 0.2) is 5.13 Å². The zero-order valence-corrected chi connectivity index (χ0v) is 16.8. The average Bonchev–Trinajstić information content (AvgIpc) is 3.32. The van der Waals surface area contributed by atoms with Crippen LogP contribution in [0.2, 0.25) is 0 Å². The fraction of sp³-hybridized carbons (Fsp3) is 0.0417. The van der Waals surface area contributed by atoms with Gasteiger partial charge in [0.1, 0.15) is 6.54 Å². The summed E-state index contributed by atoms with van der Waals surface area (Å²) in [7, 11) is 0. The molecule has 4 aromatic rings. The fourth-order valence-corrected chi connectivity index (χ4v) is 4.35. The second-order valence-corrected chi connectivity index (χ2v) is 7.89. The third kappa shape index (κ3) is 3.17. The van der Waals surface area contributed by atoms with Gasteiger partial charge in [-0.1, -0.05) is 61.2 Å². The molecule has 2 heterocycles. The van der Waals surface area contributed by atoms with E-state index in [4.69, 9.17) is 0 Å². The van der Waals surface area contributed by atoms with Gasteiger partial charge >= 0.3 is 0 Å². The number of carbonyl (C=O) groups is 2. The van der Waals surface area contributed by atoms with Crippen LogP contribution in [-0.4, -0.2) is 28.2 Å². The number of carbonyl (C=O) groups excluding carboxylic acids is 2. The number of benzene rings is 3. The maximum absolute atomic E-state index is 12.6. The number of aromatic nitrogens is 1. The van der Waals surface area contributed by atoms with Crippen LogP contribution in [0.3, 0.4) is 0 Å². The van der Waals surface area contributed by atoms with Crippen LogP contribution in [0.25, 0.3) is 27.7 Å². The number of hydrogen-bond acceptors (Lipinski definition) is 4. The van der Waals surface area contributed by atoms with Gasteiger partial charge in [-0.05, 0) is 22.9 Å². The largest absolute Gasteiger partial charge is 0.300 e. The van der Waals surface area contributed by atoms with Crippen molar-refractivity contribution in [1.82, 2.24) is 9.88 Å². The first kappa shape index (κ1) is 18.3. The Morgan fingerprint density at radius 2 is 1.73 bits per heavy atom. The number of rotatable bonds is 4. The molecule has 1 aliphatic heterocycles. The van der Waals surface area contributed by atoms with E-state index in [2.05, 4.69) is 41.1 Å². The first-order chi connectivity index (χ1) is 14.6. The lowest BCUT2D eigenvalue weighted by atomic mass is 10.1. The molecule has 5 nitrogen and oxygen atoms in total. The van der Waals surface area contributed by atoms with Gasteiger partial charge in [0, 0.05) is 27.8 Å². The average molecular weight is 411 g/mol. The Labute approximate surface area is 177 Å². The van der Waals surface area contributed by atoms with E-state index >= 15 is 0 Å². The lowest BCUT2D eigenvalue weighted by Crippen LogP contribution is -2.32. The quantitative estimate of drug-likeness (QED) is 0.512. The van der Waals surface area contributed by atoms with Crippen LogP contribution < -0.4 is 5.32 Å². The third-order valence-electron chi connectivity index (χ3n) is 5.14. The molecule has 146 valence electrons. The predicted octanol–water partition coefficient (Wildman–Crippen LogP) is 5.03. The molecule has 0 unspecified atom stereocenters. The molecule has 1 aromatic heterocycles. The van der Waals surface area contributed by atoms with E-state index in [0.717, 1.165) is 22.2 Å². The number of nitrogens with one attached hydrogen (secondary N) is 1. The smallest absolute Gasteiger partial charge is 0.259 e. The number of fused-ring (bicyclic) bond motifs is 2. The van der Waals surface area contributed by atoms with Crippen molar-refractivity contribution < 1.29 is 9.59 Å². The van der Waals surface area contributed by atoms with Gasteiger partial charge in [-0.3, -0.25) is 14.5 Å². The molecular weight excluding hydrogens is 394 g/mol. The van der Waals surface area contributed by atoms with Crippen molar-refractivity contribution in [1.29, 1.82) is 0 Å². The van der Waals surface area contributed by atoms with Crippen molar-refractivity contribution in [3.05, 3.63) is 89.8 Å². The molecule has 5 rings (SSSR count). The fourth-order valence-electron chi connectivity index (χ4n) is 3.62. The Balaban J connectivity index is 1.30. The molecule has 0 atom stereocenters. The number of anilines is 1. The summed E-state index contributed by atoms with van der Waals surface area (Å²) in [6.45, 7) is 3.87. The van der Waals surface area contributed by atoms with E-state index in [1.165, 1.54) is 21.6 Å². The molecule has 1 aliphatic rings. The Bertz CT molecular complexity index is 1290. The molecule has 0 radical (unpaired) electrons. The Morgan fingerprint density at radius 1 is 1.00 bits per heavy atom. The predicted molar refractivity (Wildman–Crippen MR) is 120 cm³/mol. The SMILES string of the molecule is C=C1c2ccccc2C(=O)N1CC(=O)Nc1nc(-c2ccc3ccccc3c2)cs1. The number of nitrogens with zero attached hydrogens (tertiary/aromatic N) is 2. The van der Waals surface area contributed by atoms with Crippen LogP contribution >= 0.6 is 11.3 Å². The normalized spacial score (nSPS) is 13.0. The first-order valence-corrected chi connectivity index (χ1v) is 10.3. The second kappa shape index (κ2) is 7.24. The van der Waals surface area contributed by atoms with Crippen LogP contribution in [0.4, 0.5) is 5.13 Å². The van der Waals surface area contributed by atoms with Gasteiger partial charge in [0.05, 0.1) is 5.69 Å². The molecule has 6 heteroatoms. The Hall–Kier alpha value is -3.77. The van der Waals surface area contributed by atoms with Crippen LogP contribution in [0.15, 0.2) is 78.7 Å². The van der Waals surface area contributed by atoms with Crippen LogP contribution in [0, 0.1) is 0 Å². The van der Waals surface area contributed by atoms with Crippen molar-refractivity contribution in [2.75, 3.05) is 11.9 Å². The monoisotopic (exact) mass is 411 g/mol. The number of hydrogen-bond donors (Lipinski definition) is 1. The molecule has 0 saturated heterocycles. The lowest BCUT2D eigenvalue weighted by Gasteiger charge is -2.16. The number of thiazole rings is 1. The van der Waals surface area contributed by atoms with Gasteiger partial charge in [-0.2, -0.15) is 0 Å². The Morgan fingerprint density at radius 3 is 2.53 bits per heavy atom. The highest BCUT2D eigenvalue weighted by Gasteiger charge is 2.31.